The molecule has 2 atom stereocenters. The van der Waals surface area contributed by atoms with Gasteiger partial charge in [-0.15, -0.1) is 12.4 Å². The molecule has 2 aliphatic heterocycles. The number of likely N-dealkylation sites (tertiary alicyclic amines) is 1. The Hall–Kier alpha value is -0.0900. The zero-order valence-electron chi connectivity index (χ0n) is 10.4. The van der Waals surface area contributed by atoms with Gasteiger partial charge in [0.05, 0.1) is 0 Å². The molecule has 3 rings (SSSR count). The maximum Gasteiger partial charge on any atom is 0.0233 e. The van der Waals surface area contributed by atoms with Crippen molar-refractivity contribution in [2.24, 2.45) is 11.8 Å². The molecule has 2 heterocycles. The second-order valence-corrected chi connectivity index (χ2v) is 6.24. The molecule has 0 bridgehead atoms. The Kier molecular flexibility index (Phi) is 5.07. The summed E-state index contributed by atoms with van der Waals surface area (Å²) in [6.45, 7) is 6.11. The molecule has 0 spiro atoms. The molecule has 0 aromatic heterocycles. The molecule has 0 radical (unpaired) electrons. The monoisotopic (exact) mass is 330 g/mol. The molecular formula is C14H20BrClN2. The van der Waals surface area contributed by atoms with Gasteiger partial charge in [0.2, 0.25) is 0 Å². The van der Waals surface area contributed by atoms with Crippen molar-refractivity contribution in [3.63, 3.8) is 0 Å². The van der Waals surface area contributed by atoms with E-state index in [4.69, 9.17) is 0 Å². The van der Waals surface area contributed by atoms with Crippen LogP contribution in [0.1, 0.15) is 12.0 Å². The first-order chi connectivity index (χ1) is 8.31. The van der Waals surface area contributed by atoms with Crippen molar-refractivity contribution in [3.8, 4) is 0 Å². The van der Waals surface area contributed by atoms with E-state index in [1.807, 2.05) is 0 Å². The van der Waals surface area contributed by atoms with Crippen LogP contribution in [-0.4, -0.2) is 31.1 Å². The minimum atomic E-state index is 0. The molecular weight excluding hydrogens is 312 g/mol. The number of nitrogens with zero attached hydrogens (tertiary/aromatic N) is 1. The van der Waals surface area contributed by atoms with Gasteiger partial charge < -0.3 is 5.32 Å². The molecule has 2 fully saturated rings. The van der Waals surface area contributed by atoms with Gasteiger partial charge in [0.15, 0.2) is 0 Å². The normalized spacial score (nSPS) is 27.6. The molecule has 2 unspecified atom stereocenters. The van der Waals surface area contributed by atoms with Crippen LogP contribution >= 0.6 is 28.3 Å². The minimum Gasteiger partial charge on any atom is -0.316 e. The third-order valence-corrected chi connectivity index (χ3v) is 4.64. The van der Waals surface area contributed by atoms with E-state index < -0.39 is 0 Å². The van der Waals surface area contributed by atoms with Gasteiger partial charge >= 0.3 is 0 Å². The molecule has 4 heteroatoms. The Morgan fingerprint density at radius 3 is 2.67 bits per heavy atom. The second-order valence-electron chi connectivity index (χ2n) is 5.33. The lowest BCUT2D eigenvalue weighted by Crippen LogP contribution is -2.39. The molecule has 18 heavy (non-hydrogen) atoms. The Balaban J connectivity index is 0.00000120. The summed E-state index contributed by atoms with van der Waals surface area (Å²) < 4.78 is 1.17. The SMILES string of the molecule is Brc1ccc(CN2CCC3CNCC3C2)cc1.Cl. The van der Waals surface area contributed by atoms with E-state index >= 15 is 0 Å². The van der Waals surface area contributed by atoms with E-state index in [1.165, 1.54) is 42.6 Å². The van der Waals surface area contributed by atoms with Crippen LogP contribution in [0.5, 0.6) is 0 Å². The molecule has 1 N–H and O–H groups in total. The highest BCUT2D eigenvalue weighted by Crippen LogP contribution is 2.27. The number of nitrogens with one attached hydrogen (secondary N) is 1. The number of piperidine rings is 1. The fraction of sp³-hybridized carbons (Fsp3) is 0.571. The highest BCUT2D eigenvalue weighted by Gasteiger charge is 2.32. The van der Waals surface area contributed by atoms with Gasteiger partial charge in [-0.3, -0.25) is 4.90 Å². The molecule has 0 amide bonds. The molecule has 2 aliphatic rings. The smallest absolute Gasteiger partial charge is 0.0233 e. The van der Waals surface area contributed by atoms with Crippen LogP contribution in [0, 0.1) is 11.8 Å². The van der Waals surface area contributed by atoms with Crippen LogP contribution in [0.2, 0.25) is 0 Å². The lowest BCUT2D eigenvalue weighted by molar-refractivity contribution is 0.142. The van der Waals surface area contributed by atoms with Gasteiger partial charge in [0.1, 0.15) is 0 Å². The molecule has 0 aliphatic carbocycles. The fourth-order valence-electron chi connectivity index (χ4n) is 3.10. The number of hydrogen-bond donors (Lipinski definition) is 1. The number of fused-ring (bicyclic) bond motifs is 1. The quantitative estimate of drug-likeness (QED) is 0.896. The summed E-state index contributed by atoms with van der Waals surface area (Å²) in [6.07, 6.45) is 1.37. The van der Waals surface area contributed by atoms with E-state index in [-0.39, 0.29) is 12.4 Å². The second kappa shape index (κ2) is 6.38. The zero-order chi connectivity index (χ0) is 11.7. The van der Waals surface area contributed by atoms with Gasteiger partial charge in [0, 0.05) is 17.6 Å². The topological polar surface area (TPSA) is 15.3 Å². The predicted molar refractivity (Wildman–Crippen MR) is 81.1 cm³/mol. The third-order valence-electron chi connectivity index (χ3n) is 4.11. The summed E-state index contributed by atoms with van der Waals surface area (Å²) in [5, 5.41) is 3.52. The fourth-order valence-corrected chi connectivity index (χ4v) is 3.37. The number of benzene rings is 1. The van der Waals surface area contributed by atoms with Crippen LogP contribution in [0.15, 0.2) is 28.7 Å². The first-order valence-electron chi connectivity index (χ1n) is 6.49. The summed E-state index contributed by atoms with van der Waals surface area (Å²) in [7, 11) is 0. The van der Waals surface area contributed by atoms with Crippen LogP contribution in [0.4, 0.5) is 0 Å². The average Bonchev–Trinajstić information content (AvgIpc) is 2.79. The highest BCUT2D eigenvalue weighted by atomic mass is 79.9. The van der Waals surface area contributed by atoms with Crippen LogP contribution in [0.25, 0.3) is 0 Å². The molecule has 100 valence electrons. The summed E-state index contributed by atoms with van der Waals surface area (Å²) in [4.78, 5) is 2.61. The Morgan fingerprint density at radius 2 is 1.89 bits per heavy atom. The lowest BCUT2D eigenvalue weighted by Gasteiger charge is -2.34. The van der Waals surface area contributed by atoms with Crippen LogP contribution in [-0.2, 0) is 6.54 Å². The number of hydrogen-bond acceptors (Lipinski definition) is 2. The molecule has 0 saturated carbocycles. The lowest BCUT2D eigenvalue weighted by atomic mass is 9.88. The Bertz CT molecular complexity index is 382. The third kappa shape index (κ3) is 3.27. The first kappa shape index (κ1) is 14.3. The van der Waals surface area contributed by atoms with Crippen molar-refractivity contribution in [2.75, 3.05) is 26.2 Å². The van der Waals surface area contributed by atoms with E-state index in [2.05, 4.69) is 50.4 Å². The van der Waals surface area contributed by atoms with E-state index in [9.17, 15) is 0 Å². The number of halogens is 2. The summed E-state index contributed by atoms with van der Waals surface area (Å²) in [5.74, 6) is 1.83. The first-order valence-corrected chi connectivity index (χ1v) is 7.28. The molecule has 2 nitrogen and oxygen atoms in total. The van der Waals surface area contributed by atoms with E-state index in [0.717, 1.165) is 18.4 Å². The van der Waals surface area contributed by atoms with Crippen molar-refractivity contribution in [1.82, 2.24) is 10.2 Å². The maximum atomic E-state index is 3.52. The van der Waals surface area contributed by atoms with E-state index in [1.54, 1.807) is 0 Å². The largest absolute Gasteiger partial charge is 0.316 e. The molecule has 1 aromatic rings. The van der Waals surface area contributed by atoms with Gasteiger partial charge in [0.25, 0.3) is 0 Å². The zero-order valence-corrected chi connectivity index (χ0v) is 12.8. The van der Waals surface area contributed by atoms with Crippen molar-refractivity contribution in [3.05, 3.63) is 34.3 Å². The summed E-state index contributed by atoms with van der Waals surface area (Å²) >= 11 is 3.49. The van der Waals surface area contributed by atoms with Crippen molar-refractivity contribution in [2.45, 2.75) is 13.0 Å². The van der Waals surface area contributed by atoms with Crippen molar-refractivity contribution >= 4 is 28.3 Å². The standard InChI is InChI=1S/C14H19BrN2.ClH/c15-14-3-1-11(2-4-14)9-17-6-5-12-7-16-8-13(12)10-17;/h1-4,12-13,16H,5-10H2;1H. The Labute approximate surface area is 124 Å². The predicted octanol–water partition coefficient (Wildman–Crippen LogP) is 2.91. The van der Waals surface area contributed by atoms with Crippen molar-refractivity contribution < 1.29 is 0 Å². The summed E-state index contributed by atoms with van der Waals surface area (Å²) in [6, 6.07) is 8.73. The van der Waals surface area contributed by atoms with E-state index in [0.29, 0.717) is 0 Å². The van der Waals surface area contributed by atoms with Gasteiger partial charge in [-0.1, -0.05) is 28.1 Å². The van der Waals surface area contributed by atoms with Crippen LogP contribution in [0.3, 0.4) is 0 Å². The highest BCUT2D eigenvalue weighted by molar-refractivity contribution is 9.10. The maximum absolute atomic E-state index is 3.52. The van der Waals surface area contributed by atoms with Crippen molar-refractivity contribution in [1.29, 1.82) is 0 Å². The Morgan fingerprint density at radius 1 is 1.17 bits per heavy atom. The van der Waals surface area contributed by atoms with Gasteiger partial charge in [-0.25, -0.2) is 0 Å². The molecule has 2 saturated heterocycles. The average molecular weight is 332 g/mol. The number of rotatable bonds is 2. The molecule has 1 aromatic carbocycles. The van der Waals surface area contributed by atoms with Gasteiger partial charge in [-0.2, -0.15) is 0 Å². The minimum absolute atomic E-state index is 0. The summed E-state index contributed by atoms with van der Waals surface area (Å²) in [5.41, 5.74) is 1.43. The van der Waals surface area contributed by atoms with Gasteiger partial charge in [-0.05, 0) is 55.6 Å². The van der Waals surface area contributed by atoms with Crippen LogP contribution < -0.4 is 5.32 Å².